The first kappa shape index (κ1) is 12.3. The SMILES string of the molecule is CC(=CC(=O)O)CN(C)c1ccc(C)cc1. The third-order valence-electron chi connectivity index (χ3n) is 2.33. The molecule has 0 aromatic heterocycles. The standard InChI is InChI=1S/C13H17NO2/c1-10-4-6-12(7-5-10)14(3)9-11(2)8-13(15)16/h4-8H,9H2,1-3H3,(H,15,16). The summed E-state index contributed by atoms with van der Waals surface area (Å²) in [4.78, 5) is 12.5. The number of carbonyl (C=O) groups is 1. The lowest BCUT2D eigenvalue weighted by Gasteiger charge is -2.19. The third-order valence-corrected chi connectivity index (χ3v) is 2.33. The summed E-state index contributed by atoms with van der Waals surface area (Å²) < 4.78 is 0. The van der Waals surface area contributed by atoms with E-state index >= 15 is 0 Å². The number of nitrogens with zero attached hydrogens (tertiary/aromatic N) is 1. The summed E-state index contributed by atoms with van der Waals surface area (Å²) in [6, 6.07) is 8.15. The molecule has 86 valence electrons. The molecule has 0 aliphatic carbocycles. The quantitative estimate of drug-likeness (QED) is 0.791. The van der Waals surface area contributed by atoms with Crippen LogP contribution in [0.3, 0.4) is 0 Å². The highest BCUT2D eigenvalue weighted by atomic mass is 16.4. The Hall–Kier alpha value is -1.77. The Labute approximate surface area is 96.0 Å². The molecule has 0 unspecified atom stereocenters. The van der Waals surface area contributed by atoms with Crippen LogP contribution in [0.4, 0.5) is 5.69 Å². The summed E-state index contributed by atoms with van der Waals surface area (Å²) in [6.45, 7) is 4.48. The zero-order valence-corrected chi connectivity index (χ0v) is 9.90. The number of anilines is 1. The van der Waals surface area contributed by atoms with Crippen molar-refractivity contribution < 1.29 is 9.90 Å². The molecule has 1 aromatic rings. The molecule has 0 saturated carbocycles. The van der Waals surface area contributed by atoms with E-state index in [1.54, 1.807) is 0 Å². The van der Waals surface area contributed by atoms with Crippen molar-refractivity contribution in [2.75, 3.05) is 18.5 Å². The number of rotatable bonds is 4. The second-order valence-electron chi connectivity index (χ2n) is 4.02. The van der Waals surface area contributed by atoms with Gasteiger partial charge in [-0.2, -0.15) is 0 Å². The van der Waals surface area contributed by atoms with Crippen LogP contribution in [0.2, 0.25) is 0 Å². The first-order valence-corrected chi connectivity index (χ1v) is 5.17. The molecule has 0 aliphatic rings. The summed E-state index contributed by atoms with van der Waals surface area (Å²) in [7, 11) is 1.95. The second-order valence-corrected chi connectivity index (χ2v) is 4.02. The maximum absolute atomic E-state index is 10.5. The van der Waals surface area contributed by atoms with Gasteiger partial charge < -0.3 is 10.0 Å². The van der Waals surface area contributed by atoms with Crippen LogP contribution in [0.25, 0.3) is 0 Å². The molecule has 0 radical (unpaired) electrons. The van der Waals surface area contributed by atoms with Gasteiger partial charge in [0.2, 0.25) is 0 Å². The molecular formula is C13H17NO2. The van der Waals surface area contributed by atoms with Crippen molar-refractivity contribution in [2.24, 2.45) is 0 Å². The number of hydrogen-bond donors (Lipinski definition) is 1. The van der Waals surface area contributed by atoms with Gasteiger partial charge in [0, 0.05) is 25.4 Å². The molecule has 0 atom stereocenters. The lowest BCUT2D eigenvalue weighted by Crippen LogP contribution is -2.19. The van der Waals surface area contributed by atoms with E-state index in [9.17, 15) is 4.79 Å². The lowest BCUT2D eigenvalue weighted by molar-refractivity contribution is -0.131. The largest absolute Gasteiger partial charge is 0.478 e. The Morgan fingerprint density at radius 1 is 1.38 bits per heavy atom. The van der Waals surface area contributed by atoms with Crippen LogP contribution in [0, 0.1) is 6.92 Å². The topological polar surface area (TPSA) is 40.5 Å². The molecule has 0 spiro atoms. The minimum absolute atomic E-state index is 0.620. The highest BCUT2D eigenvalue weighted by Crippen LogP contribution is 2.14. The zero-order chi connectivity index (χ0) is 12.1. The van der Waals surface area contributed by atoms with Crippen molar-refractivity contribution in [1.29, 1.82) is 0 Å². The number of carboxylic acids is 1. The molecule has 16 heavy (non-hydrogen) atoms. The van der Waals surface area contributed by atoms with Gasteiger partial charge in [-0.1, -0.05) is 17.7 Å². The molecule has 0 fully saturated rings. The Balaban J connectivity index is 2.69. The number of hydrogen-bond acceptors (Lipinski definition) is 2. The van der Waals surface area contributed by atoms with E-state index in [0.29, 0.717) is 6.54 Å². The van der Waals surface area contributed by atoms with Gasteiger partial charge in [-0.05, 0) is 31.6 Å². The number of benzene rings is 1. The van der Waals surface area contributed by atoms with E-state index in [1.807, 2.05) is 50.1 Å². The van der Waals surface area contributed by atoms with Crippen LogP contribution in [0.15, 0.2) is 35.9 Å². The molecule has 3 nitrogen and oxygen atoms in total. The van der Waals surface area contributed by atoms with Gasteiger partial charge in [-0.15, -0.1) is 0 Å². The highest BCUT2D eigenvalue weighted by molar-refractivity contribution is 5.80. The summed E-state index contributed by atoms with van der Waals surface area (Å²) in [6.07, 6.45) is 1.24. The molecule has 0 amide bonds. The van der Waals surface area contributed by atoms with Crippen LogP contribution in [-0.2, 0) is 4.79 Å². The van der Waals surface area contributed by atoms with Crippen molar-refractivity contribution in [3.05, 3.63) is 41.5 Å². The number of aryl methyl sites for hydroxylation is 1. The van der Waals surface area contributed by atoms with Crippen LogP contribution < -0.4 is 4.90 Å². The zero-order valence-electron chi connectivity index (χ0n) is 9.90. The summed E-state index contributed by atoms with van der Waals surface area (Å²) >= 11 is 0. The molecule has 0 bridgehead atoms. The van der Waals surface area contributed by atoms with Crippen molar-refractivity contribution in [2.45, 2.75) is 13.8 Å². The average molecular weight is 219 g/mol. The smallest absolute Gasteiger partial charge is 0.328 e. The van der Waals surface area contributed by atoms with Gasteiger partial charge in [0.05, 0.1) is 0 Å². The molecule has 0 aliphatic heterocycles. The van der Waals surface area contributed by atoms with Crippen molar-refractivity contribution in [3.63, 3.8) is 0 Å². The van der Waals surface area contributed by atoms with E-state index in [1.165, 1.54) is 11.6 Å². The Morgan fingerprint density at radius 3 is 2.44 bits per heavy atom. The van der Waals surface area contributed by atoms with E-state index in [2.05, 4.69) is 0 Å². The Morgan fingerprint density at radius 2 is 1.94 bits per heavy atom. The van der Waals surface area contributed by atoms with E-state index < -0.39 is 5.97 Å². The molecule has 1 aromatic carbocycles. The average Bonchev–Trinajstić information content (AvgIpc) is 2.16. The highest BCUT2D eigenvalue weighted by Gasteiger charge is 2.02. The minimum atomic E-state index is -0.894. The molecule has 0 saturated heterocycles. The maximum Gasteiger partial charge on any atom is 0.328 e. The number of likely N-dealkylation sites (N-methyl/N-ethyl adjacent to an activating group) is 1. The van der Waals surface area contributed by atoms with Crippen molar-refractivity contribution in [3.8, 4) is 0 Å². The Bertz CT molecular complexity index is 393. The van der Waals surface area contributed by atoms with E-state index in [0.717, 1.165) is 11.3 Å². The van der Waals surface area contributed by atoms with Crippen LogP contribution in [-0.4, -0.2) is 24.7 Å². The first-order valence-electron chi connectivity index (χ1n) is 5.17. The van der Waals surface area contributed by atoms with Crippen LogP contribution in [0.5, 0.6) is 0 Å². The Kier molecular flexibility index (Phi) is 4.11. The fraction of sp³-hybridized carbons (Fsp3) is 0.308. The fourth-order valence-corrected chi connectivity index (χ4v) is 1.52. The van der Waals surface area contributed by atoms with E-state index in [4.69, 9.17) is 5.11 Å². The van der Waals surface area contributed by atoms with Gasteiger partial charge in [0.1, 0.15) is 0 Å². The molecule has 0 heterocycles. The number of carboxylic acid groups (broad SMARTS) is 1. The molecule has 1 rings (SSSR count). The molecule has 3 heteroatoms. The number of aliphatic carboxylic acids is 1. The van der Waals surface area contributed by atoms with Crippen molar-refractivity contribution in [1.82, 2.24) is 0 Å². The maximum atomic E-state index is 10.5. The van der Waals surface area contributed by atoms with Gasteiger partial charge in [-0.3, -0.25) is 0 Å². The fourth-order valence-electron chi connectivity index (χ4n) is 1.52. The van der Waals surface area contributed by atoms with Crippen molar-refractivity contribution >= 4 is 11.7 Å². The molecule has 1 N–H and O–H groups in total. The van der Waals surface area contributed by atoms with Crippen LogP contribution in [0.1, 0.15) is 12.5 Å². The summed E-state index contributed by atoms with van der Waals surface area (Å²) in [5.41, 5.74) is 3.13. The first-order chi connectivity index (χ1) is 7.49. The molecular weight excluding hydrogens is 202 g/mol. The van der Waals surface area contributed by atoms with Gasteiger partial charge in [0.15, 0.2) is 0 Å². The second kappa shape index (κ2) is 5.35. The summed E-state index contributed by atoms with van der Waals surface area (Å²) in [5.74, 6) is -0.894. The van der Waals surface area contributed by atoms with Gasteiger partial charge in [0.25, 0.3) is 0 Å². The minimum Gasteiger partial charge on any atom is -0.478 e. The van der Waals surface area contributed by atoms with E-state index in [-0.39, 0.29) is 0 Å². The monoisotopic (exact) mass is 219 g/mol. The predicted octanol–water partition coefficient (Wildman–Crippen LogP) is 2.46. The van der Waals surface area contributed by atoms with Gasteiger partial charge in [-0.25, -0.2) is 4.79 Å². The van der Waals surface area contributed by atoms with Crippen LogP contribution >= 0.6 is 0 Å². The normalized spacial score (nSPS) is 11.3. The van der Waals surface area contributed by atoms with Gasteiger partial charge >= 0.3 is 5.97 Å². The third kappa shape index (κ3) is 3.77. The summed E-state index contributed by atoms with van der Waals surface area (Å²) in [5, 5.41) is 8.61. The lowest BCUT2D eigenvalue weighted by atomic mass is 10.2. The predicted molar refractivity (Wildman–Crippen MR) is 65.8 cm³/mol.